The summed E-state index contributed by atoms with van der Waals surface area (Å²) >= 11 is 2.00. The first kappa shape index (κ1) is 14.9. The smallest absolute Gasteiger partial charge is 0.308 e. The van der Waals surface area contributed by atoms with E-state index < -0.39 is 0 Å². The van der Waals surface area contributed by atoms with E-state index in [-0.39, 0.29) is 16.6 Å². The number of carbonyl (C=O) groups is 1. The maximum absolute atomic E-state index is 11.6. The lowest BCUT2D eigenvalue weighted by Crippen LogP contribution is -2.36. The van der Waals surface area contributed by atoms with Gasteiger partial charge in [0.05, 0.1) is 10.7 Å². The quantitative estimate of drug-likeness (QED) is 0.696. The molecular weight excluding hydrogens is 232 g/mol. The highest BCUT2D eigenvalue weighted by molar-refractivity contribution is 8.01. The van der Waals surface area contributed by atoms with E-state index in [9.17, 15) is 4.79 Å². The summed E-state index contributed by atoms with van der Waals surface area (Å²) in [7, 11) is 0. The van der Waals surface area contributed by atoms with Crippen LogP contribution in [-0.4, -0.2) is 22.6 Å². The van der Waals surface area contributed by atoms with Gasteiger partial charge in [0, 0.05) is 0 Å². The van der Waals surface area contributed by atoms with E-state index in [0.717, 1.165) is 0 Å². The molecule has 0 aliphatic heterocycles. The van der Waals surface area contributed by atoms with Crippen molar-refractivity contribution in [1.29, 1.82) is 0 Å². The van der Waals surface area contributed by atoms with Crippen molar-refractivity contribution >= 4 is 17.7 Å². The maximum Gasteiger partial charge on any atom is 0.308 e. The Balaban J connectivity index is 2.54. The van der Waals surface area contributed by atoms with Crippen LogP contribution in [0.4, 0.5) is 0 Å². The summed E-state index contributed by atoms with van der Waals surface area (Å²) in [6.07, 6.45) is 6.28. The minimum absolute atomic E-state index is 0.0142. The van der Waals surface area contributed by atoms with Crippen LogP contribution < -0.4 is 0 Å². The van der Waals surface area contributed by atoms with Gasteiger partial charge in [-0.1, -0.05) is 47.0 Å². The van der Waals surface area contributed by atoms with Crippen molar-refractivity contribution in [3.63, 3.8) is 0 Å². The van der Waals surface area contributed by atoms with Gasteiger partial charge >= 0.3 is 5.97 Å². The van der Waals surface area contributed by atoms with E-state index in [1.54, 1.807) is 0 Å². The van der Waals surface area contributed by atoms with Gasteiger partial charge in [-0.15, -0.1) is 11.8 Å². The summed E-state index contributed by atoms with van der Waals surface area (Å²) in [5.74, 6) is -0.0704. The van der Waals surface area contributed by atoms with Crippen molar-refractivity contribution in [3.05, 3.63) is 0 Å². The molecule has 0 heterocycles. The van der Waals surface area contributed by atoms with Gasteiger partial charge in [-0.3, -0.25) is 4.79 Å². The van der Waals surface area contributed by atoms with Gasteiger partial charge in [0.25, 0.3) is 0 Å². The average molecular weight is 258 g/mol. The summed E-state index contributed by atoms with van der Waals surface area (Å²) < 4.78 is 5.68. The summed E-state index contributed by atoms with van der Waals surface area (Å²) in [5.41, 5.74) is 0. The Morgan fingerprint density at radius 1 is 1.18 bits per heavy atom. The molecule has 1 aliphatic carbocycles. The van der Waals surface area contributed by atoms with Crippen molar-refractivity contribution < 1.29 is 9.53 Å². The molecule has 17 heavy (non-hydrogen) atoms. The molecule has 0 amide bonds. The molecule has 0 aromatic rings. The van der Waals surface area contributed by atoms with Gasteiger partial charge < -0.3 is 4.74 Å². The number of rotatable bonds is 5. The molecule has 0 aromatic carbocycles. The number of carbonyl (C=O) groups excluding carboxylic acids is 1. The fourth-order valence-electron chi connectivity index (χ4n) is 2.36. The van der Waals surface area contributed by atoms with Crippen molar-refractivity contribution in [2.24, 2.45) is 5.92 Å². The number of hydrogen-bond acceptors (Lipinski definition) is 3. The van der Waals surface area contributed by atoms with E-state index in [2.05, 4.69) is 13.8 Å². The molecule has 1 saturated carbocycles. The van der Waals surface area contributed by atoms with Crippen molar-refractivity contribution in [3.8, 4) is 0 Å². The Bertz CT molecular complexity index is 243. The Morgan fingerprint density at radius 3 is 2.24 bits per heavy atom. The molecule has 100 valence electrons. The second kappa shape index (κ2) is 6.67. The van der Waals surface area contributed by atoms with Crippen LogP contribution in [0.15, 0.2) is 0 Å². The summed E-state index contributed by atoms with van der Waals surface area (Å²) in [5, 5.41) is 0.603. The first-order chi connectivity index (χ1) is 7.95. The van der Waals surface area contributed by atoms with Crippen molar-refractivity contribution in [2.75, 3.05) is 6.61 Å². The number of thioether (sulfide) groups is 1. The van der Waals surface area contributed by atoms with Crippen LogP contribution in [0.1, 0.15) is 59.8 Å². The minimum atomic E-state index is -0.0562. The highest BCUT2D eigenvalue weighted by Gasteiger charge is 2.35. The van der Waals surface area contributed by atoms with E-state index >= 15 is 0 Å². The van der Waals surface area contributed by atoms with Crippen LogP contribution >= 0.6 is 11.8 Å². The number of esters is 1. The molecule has 1 rings (SSSR count). The van der Waals surface area contributed by atoms with Crippen LogP contribution in [0.25, 0.3) is 0 Å². The van der Waals surface area contributed by atoms with Crippen LogP contribution in [0, 0.1) is 5.92 Å². The second-order valence-electron chi connectivity index (χ2n) is 5.67. The van der Waals surface area contributed by atoms with E-state index in [1.807, 2.05) is 25.6 Å². The molecule has 0 atom stereocenters. The number of hydrogen-bond donors (Lipinski definition) is 0. The van der Waals surface area contributed by atoms with Crippen molar-refractivity contribution in [1.82, 2.24) is 0 Å². The predicted octanol–water partition coefficient (Wildman–Crippen LogP) is 4.03. The topological polar surface area (TPSA) is 26.3 Å². The first-order valence-corrected chi connectivity index (χ1v) is 7.68. The molecular formula is C14H26O2S. The van der Waals surface area contributed by atoms with E-state index in [1.165, 1.54) is 32.1 Å². The summed E-state index contributed by atoms with van der Waals surface area (Å²) in [6, 6.07) is 0. The van der Waals surface area contributed by atoms with Gasteiger partial charge in [-0.2, -0.15) is 0 Å². The molecule has 1 fully saturated rings. The van der Waals surface area contributed by atoms with Gasteiger partial charge in [0.1, 0.15) is 6.61 Å². The molecule has 0 N–H and O–H groups in total. The molecule has 1 aliphatic rings. The fourth-order valence-corrected chi connectivity index (χ4v) is 4.01. The molecule has 0 unspecified atom stereocenters. The second-order valence-corrected chi connectivity index (χ2v) is 7.72. The first-order valence-electron chi connectivity index (χ1n) is 6.80. The Hall–Kier alpha value is -0.180. The summed E-state index contributed by atoms with van der Waals surface area (Å²) in [4.78, 5) is 11.6. The lowest BCUT2D eigenvalue weighted by Gasteiger charge is -2.37. The molecule has 3 heteroatoms. The standard InChI is InChI=1S/C14H26O2S/c1-11(2)13(15)16-10-14(17-12(3)4)8-6-5-7-9-14/h11-12H,5-10H2,1-4H3. The van der Waals surface area contributed by atoms with Crippen LogP contribution in [0.5, 0.6) is 0 Å². The van der Waals surface area contributed by atoms with E-state index in [0.29, 0.717) is 11.9 Å². The zero-order chi connectivity index (χ0) is 12.9. The zero-order valence-electron chi connectivity index (χ0n) is 11.6. The van der Waals surface area contributed by atoms with Gasteiger partial charge in [0.15, 0.2) is 0 Å². The third-order valence-corrected chi connectivity index (χ3v) is 4.70. The van der Waals surface area contributed by atoms with Crippen LogP contribution in [0.2, 0.25) is 0 Å². The van der Waals surface area contributed by atoms with Gasteiger partial charge in [-0.25, -0.2) is 0 Å². The zero-order valence-corrected chi connectivity index (χ0v) is 12.4. The lowest BCUT2D eigenvalue weighted by molar-refractivity contribution is -0.148. The lowest BCUT2D eigenvalue weighted by atomic mass is 9.89. The highest BCUT2D eigenvalue weighted by atomic mass is 32.2. The molecule has 0 spiro atoms. The highest BCUT2D eigenvalue weighted by Crippen LogP contribution is 2.42. The molecule has 2 nitrogen and oxygen atoms in total. The third-order valence-electron chi connectivity index (χ3n) is 3.20. The van der Waals surface area contributed by atoms with Crippen molar-refractivity contribution in [2.45, 2.75) is 69.8 Å². The molecule has 0 bridgehead atoms. The maximum atomic E-state index is 11.6. The third kappa shape index (κ3) is 4.90. The van der Waals surface area contributed by atoms with Gasteiger partial charge in [-0.05, 0) is 18.1 Å². The average Bonchev–Trinajstić information content (AvgIpc) is 2.26. The molecule has 0 saturated heterocycles. The van der Waals surface area contributed by atoms with Gasteiger partial charge in [0.2, 0.25) is 0 Å². The fraction of sp³-hybridized carbons (Fsp3) is 0.929. The normalized spacial score (nSPS) is 19.6. The predicted molar refractivity (Wildman–Crippen MR) is 74.3 cm³/mol. The molecule has 0 aromatic heterocycles. The van der Waals surface area contributed by atoms with E-state index in [4.69, 9.17) is 4.74 Å². The van der Waals surface area contributed by atoms with Crippen LogP contribution in [-0.2, 0) is 9.53 Å². The SMILES string of the molecule is CC(C)SC1(COC(=O)C(C)C)CCCCC1. The Labute approximate surface area is 110 Å². The molecule has 0 radical (unpaired) electrons. The monoisotopic (exact) mass is 258 g/mol. The summed E-state index contributed by atoms with van der Waals surface area (Å²) in [6.45, 7) is 8.85. The largest absolute Gasteiger partial charge is 0.464 e. The minimum Gasteiger partial charge on any atom is -0.464 e. The Morgan fingerprint density at radius 2 is 1.76 bits per heavy atom. The van der Waals surface area contributed by atoms with Crippen LogP contribution in [0.3, 0.4) is 0 Å². The number of ether oxygens (including phenoxy) is 1. The Kier molecular flexibility index (Phi) is 5.84.